The summed E-state index contributed by atoms with van der Waals surface area (Å²) < 4.78 is 13.9. The lowest BCUT2D eigenvalue weighted by atomic mass is 10.1. The van der Waals surface area contributed by atoms with Gasteiger partial charge in [0.1, 0.15) is 0 Å². The van der Waals surface area contributed by atoms with Gasteiger partial charge in [0.2, 0.25) is 5.95 Å². The molecule has 1 aliphatic heterocycles. The number of hydrogen-bond donors (Lipinski definition) is 1. The number of nitrogens with zero attached hydrogens (tertiary/aromatic N) is 3. The number of nitrogens with one attached hydrogen (secondary N) is 1. The number of rotatable bonds is 8. The first-order chi connectivity index (χ1) is 17.9. The van der Waals surface area contributed by atoms with Crippen LogP contribution in [0, 0.1) is 0 Å². The average molecular weight is 523 g/mol. The molecule has 8 nitrogen and oxygen atoms in total. The lowest BCUT2D eigenvalue weighted by Crippen LogP contribution is -2.43. The molecule has 194 valence electrons. The van der Waals surface area contributed by atoms with Crippen molar-refractivity contribution in [3.8, 4) is 0 Å². The summed E-state index contributed by atoms with van der Waals surface area (Å²) in [6, 6.07) is 13.3. The zero-order chi connectivity index (χ0) is 25.9. The Balaban J connectivity index is 1.45. The molecular weight excluding hydrogens is 492 g/mol. The van der Waals surface area contributed by atoms with Crippen LogP contribution in [0.2, 0.25) is 5.02 Å². The van der Waals surface area contributed by atoms with Crippen LogP contribution in [0.15, 0.2) is 57.6 Å². The van der Waals surface area contributed by atoms with Crippen LogP contribution in [-0.2, 0) is 29.0 Å². The molecule has 1 unspecified atom stereocenters. The monoisotopic (exact) mass is 522 g/mol. The highest BCUT2D eigenvalue weighted by Crippen LogP contribution is 2.34. The molecule has 2 aromatic carbocycles. The first kappa shape index (κ1) is 25.4. The van der Waals surface area contributed by atoms with Gasteiger partial charge in [-0.2, -0.15) is 4.98 Å². The second kappa shape index (κ2) is 11.0. The van der Waals surface area contributed by atoms with Gasteiger partial charge in [-0.15, -0.1) is 0 Å². The Morgan fingerprint density at radius 1 is 1.11 bits per heavy atom. The first-order valence-electron chi connectivity index (χ1n) is 12.6. The minimum atomic E-state index is -0.624. The highest BCUT2D eigenvalue weighted by atomic mass is 35.5. The van der Waals surface area contributed by atoms with Gasteiger partial charge in [-0.1, -0.05) is 35.4 Å². The summed E-state index contributed by atoms with van der Waals surface area (Å²) in [5, 5.41) is 3.83. The van der Waals surface area contributed by atoms with Gasteiger partial charge >= 0.3 is 11.4 Å². The molecule has 0 saturated carbocycles. The highest BCUT2D eigenvalue weighted by Gasteiger charge is 2.19. The van der Waals surface area contributed by atoms with Crippen molar-refractivity contribution in [2.45, 2.75) is 58.9 Å². The van der Waals surface area contributed by atoms with E-state index in [0.29, 0.717) is 11.6 Å². The van der Waals surface area contributed by atoms with Crippen molar-refractivity contribution in [1.82, 2.24) is 14.1 Å². The summed E-state index contributed by atoms with van der Waals surface area (Å²) in [6.45, 7) is 5.41. The van der Waals surface area contributed by atoms with E-state index in [1.807, 2.05) is 24.3 Å². The maximum absolute atomic E-state index is 13.6. The lowest BCUT2D eigenvalue weighted by Gasteiger charge is -2.22. The van der Waals surface area contributed by atoms with Crippen molar-refractivity contribution in [1.29, 1.82) is 0 Å². The Morgan fingerprint density at radius 3 is 2.68 bits per heavy atom. The van der Waals surface area contributed by atoms with E-state index in [1.165, 1.54) is 26.8 Å². The van der Waals surface area contributed by atoms with Crippen LogP contribution in [0.25, 0.3) is 5.57 Å². The van der Waals surface area contributed by atoms with Gasteiger partial charge in [-0.05, 0) is 86.1 Å². The molecule has 1 fully saturated rings. The van der Waals surface area contributed by atoms with E-state index in [4.69, 9.17) is 21.1 Å². The first-order valence-corrected chi connectivity index (χ1v) is 13.0. The molecule has 0 bridgehead atoms. The summed E-state index contributed by atoms with van der Waals surface area (Å²) in [5.74, 6) is 0.189. The van der Waals surface area contributed by atoms with Gasteiger partial charge in [-0.3, -0.25) is 4.57 Å². The average Bonchev–Trinajstić information content (AvgIpc) is 3.18. The second-order valence-corrected chi connectivity index (χ2v) is 10.0. The van der Waals surface area contributed by atoms with E-state index >= 15 is 0 Å². The molecule has 3 aromatic rings. The Hall–Kier alpha value is -3.20. The van der Waals surface area contributed by atoms with Gasteiger partial charge in [0.15, 0.2) is 6.29 Å². The van der Waals surface area contributed by atoms with Gasteiger partial charge in [-0.25, -0.2) is 14.2 Å². The van der Waals surface area contributed by atoms with E-state index in [-0.39, 0.29) is 31.9 Å². The molecule has 1 saturated heterocycles. The number of hydrogen-bond acceptors (Lipinski definition) is 6. The van der Waals surface area contributed by atoms with Crippen LogP contribution in [0.5, 0.6) is 0 Å². The van der Waals surface area contributed by atoms with E-state index < -0.39 is 11.4 Å². The fraction of sp³-hybridized carbons (Fsp3) is 0.393. The molecule has 9 heteroatoms. The predicted octanol–water partition coefficient (Wildman–Crippen LogP) is 4.74. The van der Waals surface area contributed by atoms with Crippen molar-refractivity contribution in [2.24, 2.45) is 0 Å². The van der Waals surface area contributed by atoms with Crippen molar-refractivity contribution < 1.29 is 9.47 Å². The fourth-order valence-electron chi connectivity index (χ4n) is 4.78. The van der Waals surface area contributed by atoms with Gasteiger partial charge in [0, 0.05) is 17.3 Å². The van der Waals surface area contributed by atoms with Gasteiger partial charge in [0.05, 0.1) is 19.7 Å². The Morgan fingerprint density at radius 2 is 1.92 bits per heavy atom. The third kappa shape index (κ3) is 5.71. The minimum Gasteiger partial charge on any atom is -0.353 e. The molecule has 1 atom stereocenters. The fourth-order valence-corrected chi connectivity index (χ4v) is 4.91. The molecule has 1 N–H and O–H groups in total. The number of ether oxygens (including phenoxy) is 2. The third-order valence-electron chi connectivity index (χ3n) is 7.03. The zero-order valence-corrected chi connectivity index (χ0v) is 21.9. The molecule has 0 amide bonds. The normalized spacial score (nSPS) is 17.2. The van der Waals surface area contributed by atoms with Crippen molar-refractivity contribution in [3.05, 3.63) is 90.7 Å². The van der Waals surface area contributed by atoms with E-state index in [9.17, 15) is 9.59 Å². The van der Waals surface area contributed by atoms with E-state index in [0.717, 1.165) is 41.5 Å². The molecule has 37 heavy (non-hydrogen) atoms. The quantitative estimate of drug-likeness (QED) is 0.459. The van der Waals surface area contributed by atoms with Gasteiger partial charge in [0.25, 0.3) is 0 Å². The molecular formula is C28H31ClN4O4. The molecule has 2 aliphatic rings. The Labute approximate surface area is 220 Å². The van der Waals surface area contributed by atoms with Crippen LogP contribution in [0.1, 0.15) is 49.8 Å². The molecule has 1 aliphatic carbocycles. The van der Waals surface area contributed by atoms with E-state index in [1.54, 1.807) is 12.1 Å². The minimum absolute atomic E-state index is 0.0908. The number of fused-ring (bicyclic) bond motifs is 1. The van der Waals surface area contributed by atoms with Crippen molar-refractivity contribution >= 4 is 28.8 Å². The standard InChI is InChI=1S/C28H31ClN4O4/c1-18-15-21-8-11-23(16-24(21)19(18)2)30-26-31-27(34)32(12-14-37-25-5-3-4-13-36-25)28(35)33(26)17-20-6-9-22(29)10-7-20/h6-11,16,25H,3-5,12-15,17H2,1-2H3,(H,30,31,34). The highest BCUT2D eigenvalue weighted by molar-refractivity contribution is 6.30. The number of halogens is 1. The molecule has 1 aromatic heterocycles. The summed E-state index contributed by atoms with van der Waals surface area (Å²) in [6.07, 6.45) is 3.51. The zero-order valence-electron chi connectivity index (χ0n) is 21.1. The largest absolute Gasteiger partial charge is 0.355 e. The Kier molecular flexibility index (Phi) is 7.60. The van der Waals surface area contributed by atoms with Crippen LogP contribution in [0.3, 0.4) is 0 Å². The van der Waals surface area contributed by atoms with Crippen LogP contribution < -0.4 is 16.7 Å². The summed E-state index contributed by atoms with van der Waals surface area (Å²) in [7, 11) is 0. The van der Waals surface area contributed by atoms with Crippen LogP contribution in [0.4, 0.5) is 11.6 Å². The number of allylic oxidation sites excluding steroid dienone is 2. The maximum Gasteiger partial charge on any atom is 0.355 e. The molecule has 2 heterocycles. The molecule has 5 rings (SSSR count). The maximum atomic E-state index is 13.6. The molecule has 0 spiro atoms. The third-order valence-corrected chi connectivity index (χ3v) is 7.28. The number of benzene rings is 2. The van der Waals surface area contributed by atoms with E-state index in [2.05, 4.69) is 30.2 Å². The summed E-state index contributed by atoms with van der Waals surface area (Å²) in [4.78, 5) is 30.8. The van der Waals surface area contributed by atoms with Crippen molar-refractivity contribution in [3.63, 3.8) is 0 Å². The van der Waals surface area contributed by atoms with Crippen molar-refractivity contribution in [2.75, 3.05) is 18.5 Å². The smallest absolute Gasteiger partial charge is 0.353 e. The number of anilines is 2. The number of aromatic nitrogens is 3. The lowest BCUT2D eigenvalue weighted by molar-refractivity contribution is -0.163. The topological polar surface area (TPSA) is 87.4 Å². The SMILES string of the molecule is CC1=C(C)c2cc(Nc3nc(=O)n(CCOC4CCCCO4)c(=O)n3Cc3ccc(Cl)cc3)ccc2C1. The summed E-state index contributed by atoms with van der Waals surface area (Å²) in [5.41, 5.74) is 5.57. The second-order valence-electron chi connectivity index (χ2n) is 9.61. The summed E-state index contributed by atoms with van der Waals surface area (Å²) >= 11 is 6.05. The van der Waals surface area contributed by atoms with Crippen LogP contribution >= 0.6 is 11.6 Å². The Bertz CT molecular complexity index is 1440. The van der Waals surface area contributed by atoms with Gasteiger partial charge < -0.3 is 14.8 Å². The molecule has 0 radical (unpaired) electrons. The predicted molar refractivity (Wildman–Crippen MR) is 145 cm³/mol. The van der Waals surface area contributed by atoms with Crippen LogP contribution in [-0.4, -0.2) is 33.6 Å².